The molecular weight excluding hydrogens is 696 g/mol. The Labute approximate surface area is 301 Å². The third-order valence-electron chi connectivity index (χ3n) is 8.56. The molecule has 0 unspecified atom stereocenters. The summed E-state index contributed by atoms with van der Waals surface area (Å²) in [5.41, 5.74) is 0.412. The van der Waals surface area contributed by atoms with Crippen molar-refractivity contribution in [3.8, 4) is 28.7 Å². The molecule has 0 aliphatic carbocycles. The van der Waals surface area contributed by atoms with Gasteiger partial charge >= 0.3 is 0 Å². The van der Waals surface area contributed by atoms with Crippen LogP contribution in [0.3, 0.4) is 0 Å². The molecule has 1 aliphatic heterocycles. The van der Waals surface area contributed by atoms with Crippen molar-refractivity contribution in [2.24, 2.45) is 0 Å². The Kier molecular flexibility index (Phi) is 10.2. The number of nitrogens with one attached hydrogen (secondary N) is 1. The number of aromatic nitrogens is 3. The second kappa shape index (κ2) is 15.3. The maximum absolute atomic E-state index is 15.5. The highest BCUT2D eigenvalue weighted by atomic mass is 35.5. The molecule has 7 rings (SSSR count). The predicted octanol–water partition coefficient (Wildman–Crippen LogP) is 7.02. The first-order valence-electron chi connectivity index (χ1n) is 16.4. The van der Waals surface area contributed by atoms with Gasteiger partial charge in [0.15, 0.2) is 23.1 Å². The lowest BCUT2D eigenvalue weighted by Gasteiger charge is -2.26. The molecule has 0 bridgehead atoms. The molecule has 3 aromatic heterocycles. The van der Waals surface area contributed by atoms with Crippen LogP contribution in [0.4, 0.5) is 14.5 Å². The van der Waals surface area contributed by atoms with Crippen LogP contribution in [-0.2, 0) is 4.74 Å². The van der Waals surface area contributed by atoms with Gasteiger partial charge < -0.3 is 28.8 Å². The van der Waals surface area contributed by atoms with E-state index in [1.54, 1.807) is 30.5 Å². The van der Waals surface area contributed by atoms with Crippen LogP contribution in [0.2, 0.25) is 5.02 Å². The molecule has 6 aromatic rings. The number of pyridine rings is 3. The highest BCUT2D eigenvalue weighted by molar-refractivity contribution is 6.30. The summed E-state index contributed by atoms with van der Waals surface area (Å²) < 4.78 is 53.9. The van der Waals surface area contributed by atoms with Crippen LogP contribution in [-0.4, -0.2) is 71.9 Å². The molecular formula is C38H32ClF2N5O6. The first kappa shape index (κ1) is 34.8. The van der Waals surface area contributed by atoms with Gasteiger partial charge in [-0.2, -0.15) is 0 Å². The summed E-state index contributed by atoms with van der Waals surface area (Å²) in [4.78, 5) is 37.9. The average Bonchev–Trinajstić information content (AvgIpc) is 3.16. The third kappa shape index (κ3) is 7.38. The van der Waals surface area contributed by atoms with E-state index in [1.807, 2.05) is 0 Å². The SMILES string of the molecule is COc1cc2c(Oc3ccc(NC(=O)c4cn(-c5ccc(F)c(Cl)c5)c5ncccc5c4=O)cc3F)ccnc2cc1OCCCN1CCOCC1. The Bertz CT molecular complexity index is 2350. The molecule has 1 aliphatic rings. The summed E-state index contributed by atoms with van der Waals surface area (Å²) in [5.74, 6) is -0.972. The van der Waals surface area contributed by atoms with E-state index < -0.39 is 23.0 Å². The van der Waals surface area contributed by atoms with E-state index in [0.29, 0.717) is 40.4 Å². The number of benzene rings is 3. The number of hydrogen-bond donors (Lipinski definition) is 1. The molecule has 4 heterocycles. The standard InChI is InChI=1S/C38H32ClF2N5O6/c1-49-34-20-26-31(21-35(34)51-15-3-12-45-13-16-50-17-14-45)42-11-9-32(26)52-33-8-5-23(18-30(33)41)44-38(48)27-22-46(24-6-7-29(40)28(39)19-24)37-25(36(27)47)4-2-10-43-37/h2,4-11,18-22H,3,12-17H2,1H3,(H,44,48). The van der Waals surface area contributed by atoms with E-state index in [1.165, 1.54) is 60.5 Å². The second-order valence-corrected chi connectivity index (χ2v) is 12.3. The van der Waals surface area contributed by atoms with E-state index >= 15 is 4.39 Å². The summed E-state index contributed by atoms with van der Waals surface area (Å²) in [6.07, 6.45) is 5.15. The van der Waals surface area contributed by atoms with Gasteiger partial charge in [0.25, 0.3) is 5.91 Å². The molecule has 14 heteroatoms. The van der Waals surface area contributed by atoms with Crippen LogP contribution < -0.4 is 25.0 Å². The van der Waals surface area contributed by atoms with Gasteiger partial charge in [0.1, 0.15) is 22.8 Å². The van der Waals surface area contributed by atoms with E-state index in [9.17, 15) is 14.0 Å². The van der Waals surface area contributed by atoms with Gasteiger partial charge in [-0.15, -0.1) is 0 Å². The van der Waals surface area contributed by atoms with Crippen molar-refractivity contribution in [2.75, 3.05) is 51.9 Å². The average molecular weight is 728 g/mol. The number of nitrogens with zero attached hydrogens (tertiary/aromatic N) is 4. The van der Waals surface area contributed by atoms with E-state index in [0.717, 1.165) is 45.3 Å². The minimum absolute atomic E-state index is 0.0774. The molecule has 0 spiro atoms. The summed E-state index contributed by atoms with van der Waals surface area (Å²) in [6.45, 7) is 4.69. The molecule has 1 amide bonds. The highest BCUT2D eigenvalue weighted by Crippen LogP contribution is 2.38. The van der Waals surface area contributed by atoms with Crippen molar-refractivity contribution >= 4 is 45.1 Å². The van der Waals surface area contributed by atoms with Crippen LogP contribution in [0, 0.1) is 11.6 Å². The van der Waals surface area contributed by atoms with Crippen LogP contribution in [0.15, 0.2) is 90.1 Å². The van der Waals surface area contributed by atoms with E-state index in [-0.39, 0.29) is 33.1 Å². The summed E-state index contributed by atoms with van der Waals surface area (Å²) >= 11 is 6.01. The van der Waals surface area contributed by atoms with Gasteiger partial charge in [0.05, 0.1) is 42.9 Å². The van der Waals surface area contributed by atoms with Gasteiger partial charge in [0.2, 0.25) is 5.43 Å². The number of hydrogen-bond acceptors (Lipinski definition) is 9. The van der Waals surface area contributed by atoms with Crippen LogP contribution >= 0.6 is 11.6 Å². The lowest BCUT2D eigenvalue weighted by molar-refractivity contribution is 0.0357. The number of methoxy groups -OCH3 is 1. The summed E-state index contributed by atoms with van der Waals surface area (Å²) in [7, 11) is 1.54. The normalized spacial score (nSPS) is 13.3. The first-order chi connectivity index (χ1) is 25.3. The van der Waals surface area contributed by atoms with Gasteiger partial charge in [-0.1, -0.05) is 11.6 Å². The van der Waals surface area contributed by atoms with Gasteiger partial charge in [0, 0.05) is 67.1 Å². The molecule has 266 valence electrons. The number of morpholine rings is 1. The van der Waals surface area contributed by atoms with Gasteiger partial charge in [-0.05, 0) is 61.0 Å². The maximum atomic E-state index is 15.5. The minimum Gasteiger partial charge on any atom is -0.493 e. The molecule has 11 nitrogen and oxygen atoms in total. The monoisotopic (exact) mass is 727 g/mol. The number of halogens is 3. The molecule has 52 heavy (non-hydrogen) atoms. The number of rotatable bonds is 11. The zero-order valence-electron chi connectivity index (χ0n) is 27.9. The Morgan fingerprint density at radius 3 is 2.56 bits per heavy atom. The third-order valence-corrected chi connectivity index (χ3v) is 8.85. The predicted molar refractivity (Wildman–Crippen MR) is 192 cm³/mol. The lowest BCUT2D eigenvalue weighted by atomic mass is 10.1. The summed E-state index contributed by atoms with van der Waals surface area (Å²) in [5, 5.41) is 3.15. The summed E-state index contributed by atoms with van der Waals surface area (Å²) in [6, 6.07) is 16.0. The molecule has 1 fully saturated rings. The topological polar surface area (TPSA) is 117 Å². The zero-order valence-corrected chi connectivity index (χ0v) is 28.7. The number of fused-ring (bicyclic) bond motifs is 2. The van der Waals surface area contributed by atoms with Crippen LogP contribution in [0.5, 0.6) is 23.0 Å². The Morgan fingerprint density at radius 1 is 0.923 bits per heavy atom. The quantitative estimate of drug-likeness (QED) is 0.141. The Hall–Kier alpha value is -5.63. The molecule has 1 N–H and O–H groups in total. The number of ether oxygens (including phenoxy) is 4. The van der Waals surface area contributed by atoms with Gasteiger partial charge in [-0.3, -0.25) is 19.5 Å². The Balaban J connectivity index is 1.09. The van der Waals surface area contributed by atoms with Crippen LogP contribution in [0.25, 0.3) is 27.6 Å². The van der Waals surface area contributed by atoms with E-state index in [4.69, 9.17) is 30.5 Å². The molecule has 0 radical (unpaired) electrons. The van der Waals surface area contributed by atoms with Crippen molar-refractivity contribution in [1.29, 1.82) is 0 Å². The van der Waals surface area contributed by atoms with Crippen LogP contribution in [0.1, 0.15) is 16.8 Å². The highest BCUT2D eigenvalue weighted by Gasteiger charge is 2.20. The number of carbonyl (C=O) groups excluding carboxylic acids is 1. The molecule has 1 saturated heterocycles. The van der Waals surface area contributed by atoms with Crippen molar-refractivity contribution in [3.63, 3.8) is 0 Å². The van der Waals surface area contributed by atoms with Crippen molar-refractivity contribution in [3.05, 3.63) is 118 Å². The lowest BCUT2D eigenvalue weighted by Crippen LogP contribution is -2.37. The molecule has 0 atom stereocenters. The van der Waals surface area contributed by atoms with Crippen molar-refractivity contribution in [2.45, 2.75) is 6.42 Å². The zero-order chi connectivity index (χ0) is 36.2. The fourth-order valence-corrected chi connectivity index (χ4v) is 6.09. The fourth-order valence-electron chi connectivity index (χ4n) is 5.92. The Morgan fingerprint density at radius 2 is 1.77 bits per heavy atom. The minimum atomic E-state index is -0.794. The second-order valence-electron chi connectivity index (χ2n) is 11.9. The smallest absolute Gasteiger partial charge is 0.261 e. The number of carbonyl (C=O) groups is 1. The van der Waals surface area contributed by atoms with Gasteiger partial charge in [-0.25, -0.2) is 13.8 Å². The maximum Gasteiger partial charge on any atom is 0.261 e. The largest absolute Gasteiger partial charge is 0.493 e. The fraction of sp³-hybridized carbons (Fsp3) is 0.211. The van der Waals surface area contributed by atoms with Crippen molar-refractivity contribution in [1.82, 2.24) is 19.4 Å². The van der Waals surface area contributed by atoms with Crippen molar-refractivity contribution < 1.29 is 32.5 Å². The number of amides is 1. The number of anilines is 1. The van der Waals surface area contributed by atoms with E-state index in [2.05, 4.69) is 20.2 Å². The molecule has 3 aromatic carbocycles. The first-order valence-corrected chi connectivity index (χ1v) is 16.8. The molecule has 0 saturated carbocycles.